The van der Waals surface area contributed by atoms with Crippen LogP contribution < -0.4 is 0 Å². The molecule has 1 saturated heterocycles. The molecule has 0 spiro atoms. The van der Waals surface area contributed by atoms with Crippen molar-refractivity contribution in [2.75, 3.05) is 19.6 Å². The number of carbonyl (C=O) groups is 1. The quantitative estimate of drug-likeness (QED) is 0.772. The number of hydrogen-bond donors (Lipinski definition) is 2. The molecule has 17 heavy (non-hydrogen) atoms. The lowest BCUT2D eigenvalue weighted by Crippen LogP contribution is -2.48. The van der Waals surface area contributed by atoms with Gasteiger partial charge < -0.3 is 15.1 Å². The van der Waals surface area contributed by atoms with Gasteiger partial charge in [0.2, 0.25) is 0 Å². The highest BCUT2D eigenvalue weighted by Gasteiger charge is 2.41. The lowest BCUT2D eigenvalue weighted by molar-refractivity contribution is -0.153. The topological polar surface area (TPSA) is 60.8 Å². The smallest absolute Gasteiger partial charge is 0.309 e. The van der Waals surface area contributed by atoms with E-state index in [-0.39, 0.29) is 0 Å². The molecule has 100 valence electrons. The number of likely N-dealkylation sites (tertiary alicyclic amines) is 1. The SMILES string of the molecule is CCCC1(C(=O)O)CCN(CC(C)(C)O)CC1. The van der Waals surface area contributed by atoms with Gasteiger partial charge in [-0.05, 0) is 46.2 Å². The number of hydrogen-bond acceptors (Lipinski definition) is 3. The van der Waals surface area contributed by atoms with Gasteiger partial charge >= 0.3 is 5.97 Å². The fourth-order valence-electron chi connectivity index (χ4n) is 2.74. The largest absolute Gasteiger partial charge is 0.481 e. The van der Waals surface area contributed by atoms with Gasteiger partial charge in [0.25, 0.3) is 0 Å². The lowest BCUT2D eigenvalue weighted by Gasteiger charge is -2.40. The van der Waals surface area contributed by atoms with Crippen molar-refractivity contribution in [3.05, 3.63) is 0 Å². The number of piperidine rings is 1. The summed E-state index contributed by atoms with van der Waals surface area (Å²) in [5.74, 6) is -0.651. The summed E-state index contributed by atoms with van der Waals surface area (Å²) in [6, 6.07) is 0. The molecule has 1 fully saturated rings. The van der Waals surface area contributed by atoms with Crippen molar-refractivity contribution in [2.24, 2.45) is 5.41 Å². The zero-order valence-electron chi connectivity index (χ0n) is 11.2. The molecule has 0 aromatic heterocycles. The normalized spacial score (nSPS) is 21.4. The highest BCUT2D eigenvalue weighted by Crippen LogP contribution is 2.36. The van der Waals surface area contributed by atoms with Crippen LogP contribution in [0.5, 0.6) is 0 Å². The third kappa shape index (κ3) is 3.96. The molecule has 0 aromatic carbocycles. The van der Waals surface area contributed by atoms with E-state index in [2.05, 4.69) is 4.90 Å². The molecule has 0 aliphatic carbocycles. The predicted molar refractivity (Wildman–Crippen MR) is 66.9 cm³/mol. The Balaban J connectivity index is 2.56. The Kier molecular flexibility index (Phi) is 4.55. The minimum Gasteiger partial charge on any atom is -0.481 e. The van der Waals surface area contributed by atoms with Crippen molar-refractivity contribution in [3.63, 3.8) is 0 Å². The van der Waals surface area contributed by atoms with Gasteiger partial charge in [-0.15, -0.1) is 0 Å². The second-order valence-electron chi connectivity index (χ2n) is 5.92. The van der Waals surface area contributed by atoms with Crippen molar-refractivity contribution in [3.8, 4) is 0 Å². The van der Waals surface area contributed by atoms with Crippen LogP contribution in [0.1, 0.15) is 46.5 Å². The second-order valence-corrected chi connectivity index (χ2v) is 5.92. The number of β-amino-alcohol motifs (C(OH)–C–C–N with tert-alkyl or cyclic N) is 1. The third-order valence-electron chi connectivity index (χ3n) is 3.61. The van der Waals surface area contributed by atoms with E-state index in [4.69, 9.17) is 0 Å². The minimum atomic E-state index is -0.700. The van der Waals surface area contributed by atoms with E-state index >= 15 is 0 Å². The summed E-state index contributed by atoms with van der Waals surface area (Å²) in [6.45, 7) is 7.78. The van der Waals surface area contributed by atoms with Crippen molar-refractivity contribution in [1.29, 1.82) is 0 Å². The number of aliphatic hydroxyl groups is 1. The van der Waals surface area contributed by atoms with Gasteiger partial charge in [0, 0.05) is 6.54 Å². The first-order valence-electron chi connectivity index (χ1n) is 6.47. The van der Waals surface area contributed by atoms with Crippen LogP contribution in [0.15, 0.2) is 0 Å². The summed E-state index contributed by atoms with van der Waals surface area (Å²) >= 11 is 0. The van der Waals surface area contributed by atoms with Crippen molar-refractivity contribution in [2.45, 2.75) is 52.1 Å². The molecule has 0 unspecified atom stereocenters. The zero-order chi connectivity index (χ0) is 13.1. The molecule has 4 nitrogen and oxygen atoms in total. The Morgan fingerprint density at radius 2 is 1.88 bits per heavy atom. The molecule has 4 heteroatoms. The molecule has 0 amide bonds. The highest BCUT2D eigenvalue weighted by molar-refractivity contribution is 5.74. The van der Waals surface area contributed by atoms with Gasteiger partial charge in [-0.3, -0.25) is 4.79 Å². The lowest BCUT2D eigenvalue weighted by atomic mass is 9.75. The summed E-state index contributed by atoms with van der Waals surface area (Å²) < 4.78 is 0. The molecule has 1 aliphatic heterocycles. The summed E-state index contributed by atoms with van der Waals surface area (Å²) in [5.41, 5.74) is -1.22. The summed E-state index contributed by atoms with van der Waals surface area (Å²) in [5, 5.41) is 19.1. The fraction of sp³-hybridized carbons (Fsp3) is 0.923. The molecule has 2 N–H and O–H groups in total. The van der Waals surface area contributed by atoms with Crippen LogP contribution in [-0.4, -0.2) is 46.3 Å². The van der Waals surface area contributed by atoms with E-state index in [0.717, 1.165) is 25.9 Å². The number of carboxylic acids is 1. The van der Waals surface area contributed by atoms with E-state index < -0.39 is 17.0 Å². The number of aliphatic carboxylic acids is 1. The first-order chi connectivity index (χ1) is 7.79. The van der Waals surface area contributed by atoms with Crippen LogP contribution in [-0.2, 0) is 4.79 Å². The molecule has 0 aromatic rings. The van der Waals surface area contributed by atoms with E-state index in [1.54, 1.807) is 13.8 Å². The van der Waals surface area contributed by atoms with E-state index in [0.29, 0.717) is 19.4 Å². The molecule has 0 bridgehead atoms. The molecular formula is C13H25NO3. The number of nitrogens with zero attached hydrogens (tertiary/aromatic N) is 1. The van der Waals surface area contributed by atoms with Gasteiger partial charge in [0.15, 0.2) is 0 Å². The van der Waals surface area contributed by atoms with E-state index in [1.165, 1.54) is 0 Å². The molecule has 1 heterocycles. The molecule has 0 saturated carbocycles. The average Bonchev–Trinajstić information content (AvgIpc) is 2.19. The first-order valence-corrected chi connectivity index (χ1v) is 6.47. The first kappa shape index (κ1) is 14.5. The van der Waals surface area contributed by atoms with Gasteiger partial charge in [-0.1, -0.05) is 13.3 Å². The van der Waals surface area contributed by atoms with Crippen LogP contribution in [0.25, 0.3) is 0 Å². The molecule has 0 radical (unpaired) electrons. The maximum atomic E-state index is 11.4. The maximum Gasteiger partial charge on any atom is 0.309 e. The highest BCUT2D eigenvalue weighted by atomic mass is 16.4. The average molecular weight is 243 g/mol. The van der Waals surface area contributed by atoms with Gasteiger partial charge in [-0.2, -0.15) is 0 Å². The van der Waals surface area contributed by atoms with Gasteiger partial charge in [0.1, 0.15) is 0 Å². The maximum absolute atomic E-state index is 11.4. The van der Waals surface area contributed by atoms with E-state index in [9.17, 15) is 15.0 Å². The molecule has 0 atom stereocenters. The van der Waals surface area contributed by atoms with Crippen LogP contribution in [0.4, 0.5) is 0 Å². The summed E-state index contributed by atoms with van der Waals surface area (Å²) in [6.07, 6.45) is 3.08. The number of rotatable bonds is 5. The van der Waals surface area contributed by atoms with Crippen LogP contribution in [0, 0.1) is 5.41 Å². The summed E-state index contributed by atoms with van der Waals surface area (Å²) in [7, 11) is 0. The van der Waals surface area contributed by atoms with Crippen molar-refractivity contribution < 1.29 is 15.0 Å². The zero-order valence-corrected chi connectivity index (χ0v) is 11.2. The van der Waals surface area contributed by atoms with Crippen molar-refractivity contribution >= 4 is 5.97 Å². The Morgan fingerprint density at radius 3 is 2.24 bits per heavy atom. The van der Waals surface area contributed by atoms with Crippen LogP contribution >= 0.6 is 0 Å². The van der Waals surface area contributed by atoms with Crippen molar-refractivity contribution in [1.82, 2.24) is 4.90 Å². The van der Waals surface area contributed by atoms with E-state index in [1.807, 2.05) is 6.92 Å². The standard InChI is InChI=1S/C13H25NO3/c1-4-5-13(11(15)16)6-8-14(9-7-13)10-12(2,3)17/h17H,4-10H2,1-3H3,(H,15,16). The fourth-order valence-corrected chi connectivity index (χ4v) is 2.74. The second kappa shape index (κ2) is 5.36. The van der Waals surface area contributed by atoms with Crippen LogP contribution in [0.3, 0.4) is 0 Å². The Morgan fingerprint density at radius 1 is 1.35 bits per heavy atom. The third-order valence-corrected chi connectivity index (χ3v) is 3.61. The molecule has 1 aliphatic rings. The molecule has 1 rings (SSSR count). The minimum absolute atomic E-state index is 0.523. The Labute approximate surface area is 104 Å². The summed E-state index contributed by atoms with van der Waals surface area (Å²) in [4.78, 5) is 13.6. The molecular weight excluding hydrogens is 218 g/mol. The van der Waals surface area contributed by atoms with Gasteiger partial charge in [-0.25, -0.2) is 0 Å². The Bertz CT molecular complexity index is 262. The van der Waals surface area contributed by atoms with Crippen LogP contribution in [0.2, 0.25) is 0 Å². The monoisotopic (exact) mass is 243 g/mol. The Hall–Kier alpha value is -0.610. The number of carboxylic acid groups (broad SMARTS) is 1. The predicted octanol–water partition coefficient (Wildman–Crippen LogP) is 1.72. The van der Waals surface area contributed by atoms with Gasteiger partial charge in [0.05, 0.1) is 11.0 Å².